The third kappa shape index (κ3) is 2.73. The van der Waals surface area contributed by atoms with Gasteiger partial charge in [-0.3, -0.25) is 14.4 Å². The molecule has 0 aromatic heterocycles. The zero-order chi connectivity index (χ0) is 20.3. The van der Waals surface area contributed by atoms with E-state index in [1.54, 1.807) is 11.8 Å². The number of hydrogen-bond acceptors (Lipinski definition) is 5. The zero-order valence-electron chi connectivity index (χ0n) is 16.9. The highest BCUT2D eigenvalue weighted by Crippen LogP contribution is 2.69. The summed E-state index contributed by atoms with van der Waals surface area (Å²) in [6.07, 6.45) is 6.11. The van der Waals surface area contributed by atoms with Gasteiger partial charge in [-0.05, 0) is 61.9 Å². The summed E-state index contributed by atoms with van der Waals surface area (Å²) in [6, 6.07) is 0. The molecule has 6 heteroatoms. The largest absolute Gasteiger partial charge is 0.455 e. The molecule has 3 fully saturated rings. The van der Waals surface area contributed by atoms with Crippen molar-refractivity contribution in [3.63, 3.8) is 0 Å². The molecule has 0 aromatic rings. The van der Waals surface area contributed by atoms with Gasteiger partial charge in [0.05, 0.1) is 0 Å². The summed E-state index contributed by atoms with van der Waals surface area (Å²) < 4.78 is 21.9. The fourth-order valence-electron chi connectivity index (χ4n) is 6.77. The number of ether oxygens (including phenoxy) is 1. The van der Waals surface area contributed by atoms with Crippen LogP contribution in [0.4, 0.5) is 4.39 Å². The molecule has 28 heavy (non-hydrogen) atoms. The van der Waals surface area contributed by atoms with Crippen LogP contribution in [0, 0.1) is 22.7 Å². The first-order valence-corrected chi connectivity index (χ1v) is 11.4. The number of Topliss-reactive ketones (excluding diaryl/α,β-unsaturated/α-hetero) is 1. The Bertz CT molecular complexity index is 764. The second kappa shape index (κ2) is 6.68. The summed E-state index contributed by atoms with van der Waals surface area (Å²) in [4.78, 5) is 35.2. The molecule has 0 N–H and O–H groups in total. The molecule has 4 aliphatic rings. The maximum absolute atomic E-state index is 16.8. The fraction of sp³-hybridized carbons (Fsp3) is 0.773. The van der Waals surface area contributed by atoms with Crippen molar-refractivity contribution in [2.45, 2.75) is 76.6 Å². The lowest BCUT2D eigenvalue weighted by Gasteiger charge is -2.61. The highest BCUT2D eigenvalue weighted by Gasteiger charge is 2.67. The first-order valence-electron chi connectivity index (χ1n) is 10.3. The number of halogens is 1. The lowest BCUT2D eigenvalue weighted by Crippen LogP contribution is -2.61. The van der Waals surface area contributed by atoms with E-state index in [-0.39, 0.29) is 29.6 Å². The van der Waals surface area contributed by atoms with E-state index in [1.807, 2.05) is 6.92 Å². The van der Waals surface area contributed by atoms with Crippen LogP contribution in [-0.4, -0.2) is 34.4 Å². The van der Waals surface area contributed by atoms with Gasteiger partial charge in [-0.25, -0.2) is 4.39 Å². The molecule has 0 radical (unpaired) electrons. The number of hydrogen-bond donors (Lipinski definition) is 0. The number of fused-ring (bicyclic) bond motifs is 5. The van der Waals surface area contributed by atoms with Gasteiger partial charge in [0.1, 0.15) is 11.6 Å². The smallest absolute Gasteiger partial charge is 0.303 e. The van der Waals surface area contributed by atoms with E-state index in [0.717, 1.165) is 31.3 Å². The quantitative estimate of drug-likeness (QED) is 0.393. The number of carbonyl (C=O) groups is 3. The summed E-state index contributed by atoms with van der Waals surface area (Å²) in [5, 5.41) is 0.362. The molecule has 0 heterocycles. The lowest BCUT2D eigenvalue weighted by molar-refractivity contribution is -0.152. The third-order valence-corrected chi connectivity index (χ3v) is 9.83. The van der Waals surface area contributed by atoms with Crippen LogP contribution < -0.4 is 0 Å². The molecule has 4 aliphatic carbocycles. The normalized spacial score (nSPS) is 45.0. The summed E-state index contributed by atoms with van der Waals surface area (Å²) in [6.45, 7) is 5.57. The minimum atomic E-state index is -1.42. The molecule has 3 saturated carbocycles. The first-order chi connectivity index (χ1) is 13.1. The molecule has 0 bridgehead atoms. The minimum absolute atomic E-state index is 0.0126. The van der Waals surface area contributed by atoms with Crippen molar-refractivity contribution in [3.8, 4) is 0 Å². The van der Waals surface area contributed by atoms with E-state index in [1.165, 1.54) is 13.0 Å². The Labute approximate surface area is 170 Å². The predicted octanol–water partition coefficient (Wildman–Crippen LogP) is 4.41. The Balaban J connectivity index is 1.60. The van der Waals surface area contributed by atoms with E-state index in [4.69, 9.17) is 4.74 Å². The van der Waals surface area contributed by atoms with Crippen LogP contribution in [0.1, 0.15) is 65.7 Å². The van der Waals surface area contributed by atoms with Gasteiger partial charge < -0.3 is 4.74 Å². The van der Waals surface area contributed by atoms with Gasteiger partial charge in [0.25, 0.3) is 0 Å². The first kappa shape index (κ1) is 20.1. The number of allylic oxidation sites excluding steroid dienone is 1. The molecular weight excluding hydrogens is 379 g/mol. The standard InChI is InChI=1S/C22H29FO4S/c1-13(24)27-12-28-19-7-6-15-16-5-4-14-10-17(25)18(26)11-21(14,3)22(16,23)9-8-20(15,19)2/h10,15-16,19H,4-9,11-12H2,1-3H3/t15-,16-,19?,20-,21-,22?/m0/s1. The Hall–Kier alpha value is -1.17. The van der Waals surface area contributed by atoms with Crippen molar-refractivity contribution >= 4 is 29.3 Å². The topological polar surface area (TPSA) is 60.4 Å². The van der Waals surface area contributed by atoms with Crippen molar-refractivity contribution in [3.05, 3.63) is 11.6 Å². The molecule has 0 spiro atoms. The molecule has 0 aliphatic heterocycles. The second-order valence-electron chi connectivity index (χ2n) is 9.57. The van der Waals surface area contributed by atoms with Crippen LogP contribution >= 0.6 is 11.8 Å². The van der Waals surface area contributed by atoms with Gasteiger partial charge in [-0.2, -0.15) is 0 Å². The van der Waals surface area contributed by atoms with Gasteiger partial charge in [0.2, 0.25) is 11.6 Å². The molecule has 154 valence electrons. The number of rotatable bonds is 3. The molecule has 0 amide bonds. The second-order valence-corrected chi connectivity index (χ2v) is 10.7. The van der Waals surface area contributed by atoms with Gasteiger partial charge >= 0.3 is 5.97 Å². The van der Waals surface area contributed by atoms with E-state index >= 15 is 4.39 Å². The van der Waals surface area contributed by atoms with E-state index in [2.05, 4.69) is 6.92 Å². The number of alkyl halides is 1. The van der Waals surface area contributed by atoms with Gasteiger partial charge in [0.15, 0.2) is 0 Å². The van der Waals surface area contributed by atoms with Gasteiger partial charge in [0, 0.05) is 24.0 Å². The highest BCUT2D eigenvalue weighted by atomic mass is 32.2. The van der Waals surface area contributed by atoms with Crippen molar-refractivity contribution in [1.29, 1.82) is 0 Å². The Kier molecular flexibility index (Phi) is 4.80. The molecule has 6 atom stereocenters. The van der Waals surface area contributed by atoms with Crippen LogP contribution in [-0.2, 0) is 19.1 Å². The Morgan fingerprint density at radius 3 is 2.68 bits per heavy atom. The van der Waals surface area contributed by atoms with Crippen molar-refractivity contribution < 1.29 is 23.5 Å². The summed E-state index contributed by atoms with van der Waals surface area (Å²) in [5.74, 6) is -0.623. The molecule has 4 nitrogen and oxygen atoms in total. The fourth-order valence-corrected chi connectivity index (χ4v) is 8.15. The van der Waals surface area contributed by atoms with Crippen molar-refractivity contribution in [2.24, 2.45) is 22.7 Å². The van der Waals surface area contributed by atoms with E-state index in [0.29, 0.717) is 24.0 Å². The van der Waals surface area contributed by atoms with E-state index < -0.39 is 22.7 Å². The third-order valence-electron chi connectivity index (χ3n) is 8.40. The molecule has 0 aromatic carbocycles. The SMILES string of the molecule is CC(=O)OCSC1CC[C@H]2[C@@H]3CCC4=CC(=O)C(=O)C[C@]4(C)C3(F)CC[C@]12C. The lowest BCUT2D eigenvalue weighted by atomic mass is 9.46. The summed E-state index contributed by atoms with van der Waals surface area (Å²) in [5.41, 5.74) is -1.40. The maximum atomic E-state index is 16.8. The maximum Gasteiger partial charge on any atom is 0.303 e. The number of carbonyl (C=O) groups excluding carboxylic acids is 3. The average Bonchev–Trinajstić information content (AvgIpc) is 2.94. The summed E-state index contributed by atoms with van der Waals surface area (Å²) >= 11 is 1.68. The van der Waals surface area contributed by atoms with Crippen molar-refractivity contribution in [2.75, 3.05) is 5.94 Å². The monoisotopic (exact) mass is 408 g/mol. The van der Waals surface area contributed by atoms with Crippen LogP contribution in [0.5, 0.6) is 0 Å². The Morgan fingerprint density at radius 2 is 1.96 bits per heavy atom. The highest BCUT2D eigenvalue weighted by molar-refractivity contribution is 7.99. The number of ketones is 2. The summed E-state index contributed by atoms with van der Waals surface area (Å²) in [7, 11) is 0. The van der Waals surface area contributed by atoms with Crippen LogP contribution in [0.25, 0.3) is 0 Å². The van der Waals surface area contributed by atoms with Gasteiger partial charge in [-0.1, -0.05) is 19.4 Å². The van der Waals surface area contributed by atoms with E-state index in [9.17, 15) is 14.4 Å². The minimum Gasteiger partial charge on any atom is -0.455 e. The number of thioether (sulfide) groups is 1. The molecule has 2 unspecified atom stereocenters. The Morgan fingerprint density at radius 1 is 1.21 bits per heavy atom. The van der Waals surface area contributed by atoms with Crippen LogP contribution in [0.2, 0.25) is 0 Å². The zero-order valence-corrected chi connectivity index (χ0v) is 17.7. The average molecular weight is 409 g/mol. The molecule has 0 saturated heterocycles. The molecule has 4 rings (SSSR count). The van der Waals surface area contributed by atoms with Crippen molar-refractivity contribution in [1.82, 2.24) is 0 Å². The number of esters is 1. The van der Waals surface area contributed by atoms with Crippen LogP contribution in [0.3, 0.4) is 0 Å². The van der Waals surface area contributed by atoms with Gasteiger partial charge in [-0.15, -0.1) is 11.8 Å². The molecular formula is C22H29FO4S. The predicted molar refractivity (Wildman–Crippen MR) is 105 cm³/mol. The van der Waals surface area contributed by atoms with Crippen LogP contribution in [0.15, 0.2) is 11.6 Å².